The van der Waals surface area contributed by atoms with E-state index in [2.05, 4.69) is 10.3 Å². The van der Waals surface area contributed by atoms with Gasteiger partial charge in [0.05, 0.1) is 19.7 Å². The number of nitrogens with one attached hydrogen (secondary N) is 2. The minimum Gasteiger partial charge on any atom is -0.381 e. The Morgan fingerprint density at radius 3 is 2.62 bits per heavy atom. The zero-order valence-electron chi connectivity index (χ0n) is 19.1. The Balaban J connectivity index is 1.45. The van der Waals surface area contributed by atoms with Crippen LogP contribution < -0.4 is 5.32 Å². The van der Waals surface area contributed by atoms with Crippen molar-refractivity contribution in [1.29, 1.82) is 0 Å². The molecule has 3 fully saturated rings. The summed E-state index contributed by atoms with van der Waals surface area (Å²) in [7, 11) is -2.45. The summed E-state index contributed by atoms with van der Waals surface area (Å²) in [5.74, 6) is -0.241. The third kappa shape index (κ3) is 3.79. The van der Waals surface area contributed by atoms with Crippen LogP contribution in [0.3, 0.4) is 0 Å². The molecule has 1 atom stereocenters. The van der Waals surface area contributed by atoms with Crippen LogP contribution >= 0.6 is 11.6 Å². The van der Waals surface area contributed by atoms with E-state index in [4.69, 9.17) is 16.3 Å². The van der Waals surface area contributed by atoms with Crippen molar-refractivity contribution in [1.82, 2.24) is 24.4 Å². The Morgan fingerprint density at radius 2 is 1.94 bits per heavy atom. The summed E-state index contributed by atoms with van der Waals surface area (Å²) >= 11 is 6.05. The second kappa shape index (κ2) is 8.20. The topological polar surface area (TPSA) is 115 Å². The summed E-state index contributed by atoms with van der Waals surface area (Å²) in [6.45, 7) is 3.15. The van der Waals surface area contributed by atoms with Gasteiger partial charge in [-0.2, -0.15) is 4.31 Å². The fourth-order valence-electron chi connectivity index (χ4n) is 5.55. The Bertz CT molecular complexity index is 1260. The summed E-state index contributed by atoms with van der Waals surface area (Å²) < 4.78 is 33.9. The minimum absolute atomic E-state index is 0.0149. The van der Waals surface area contributed by atoms with Gasteiger partial charge in [0.15, 0.2) is 0 Å². The standard InChI is InChI=1S/C22H28ClN5O5S/c1-15(29)26-7-5-21(6-8-26)12-28-20(30)11-27(13-22(28,25-21)14-33-2)34(31,32)19-10-16-9-17(23)3-4-18(16)24-19/h3-4,9-10,24-25H,5-8,11-14H2,1-2H3. The number of amides is 2. The molecule has 184 valence electrons. The van der Waals surface area contributed by atoms with Crippen LogP contribution in [0.5, 0.6) is 0 Å². The number of carbonyl (C=O) groups is 2. The SMILES string of the molecule is COCC12CN(S(=O)(=O)c3cc4cc(Cl)ccc4[nH]3)CC(=O)N1CC1(CCN(C(C)=O)CC1)N2. The van der Waals surface area contributed by atoms with E-state index in [1.54, 1.807) is 34.9 Å². The largest absolute Gasteiger partial charge is 0.381 e. The van der Waals surface area contributed by atoms with Crippen molar-refractivity contribution in [2.75, 3.05) is 46.4 Å². The molecule has 2 N–H and O–H groups in total. The highest BCUT2D eigenvalue weighted by atomic mass is 35.5. The van der Waals surface area contributed by atoms with Crippen LogP contribution in [0.1, 0.15) is 19.8 Å². The maximum atomic E-state index is 13.6. The Kier molecular flexibility index (Phi) is 5.68. The lowest BCUT2D eigenvalue weighted by molar-refractivity contribution is -0.144. The predicted octanol–water partition coefficient (Wildman–Crippen LogP) is 0.981. The van der Waals surface area contributed by atoms with Crippen LogP contribution in [-0.2, 0) is 24.3 Å². The zero-order chi connectivity index (χ0) is 24.3. The summed E-state index contributed by atoms with van der Waals surface area (Å²) in [6.07, 6.45) is 1.36. The third-order valence-electron chi connectivity index (χ3n) is 7.25. The smallest absolute Gasteiger partial charge is 0.259 e. The predicted molar refractivity (Wildman–Crippen MR) is 126 cm³/mol. The first kappa shape index (κ1) is 23.6. The maximum Gasteiger partial charge on any atom is 0.259 e. The number of hydrogen-bond donors (Lipinski definition) is 2. The number of benzene rings is 1. The van der Waals surface area contributed by atoms with Gasteiger partial charge >= 0.3 is 0 Å². The molecule has 0 radical (unpaired) electrons. The van der Waals surface area contributed by atoms with E-state index in [0.717, 1.165) is 0 Å². The number of rotatable bonds is 4. The number of ether oxygens (including phenoxy) is 1. The van der Waals surface area contributed by atoms with E-state index < -0.39 is 21.2 Å². The summed E-state index contributed by atoms with van der Waals surface area (Å²) in [4.78, 5) is 31.6. The number of nitrogens with zero attached hydrogens (tertiary/aromatic N) is 3. The average molecular weight is 510 g/mol. The number of piperidine rings is 1. The van der Waals surface area contributed by atoms with Crippen LogP contribution in [0.25, 0.3) is 10.9 Å². The van der Waals surface area contributed by atoms with E-state index in [1.165, 1.54) is 17.5 Å². The fourth-order valence-corrected chi connectivity index (χ4v) is 7.18. The number of halogens is 1. The number of sulfonamides is 1. The second-order valence-corrected chi connectivity index (χ2v) is 11.8. The van der Waals surface area contributed by atoms with Gasteiger partial charge in [-0.05, 0) is 37.1 Å². The molecule has 12 heteroatoms. The molecule has 0 aliphatic carbocycles. The van der Waals surface area contributed by atoms with Gasteiger partial charge in [0.1, 0.15) is 10.7 Å². The van der Waals surface area contributed by atoms with E-state index in [-0.39, 0.29) is 36.5 Å². The number of fused-ring (bicyclic) bond motifs is 2. The minimum atomic E-state index is -3.99. The quantitative estimate of drug-likeness (QED) is 0.635. The summed E-state index contributed by atoms with van der Waals surface area (Å²) in [6, 6.07) is 6.64. The molecule has 5 rings (SSSR count). The Morgan fingerprint density at radius 1 is 1.21 bits per heavy atom. The first-order chi connectivity index (χ1) is 16.1. The van der Waals surface area contributed by atoms with Gasteiger partial charge in [-0.3, -0.25) is 14.9 Å². The normalized spacial score (nSPS) is 25.3. The molecule has 1 aromatic carbocycles. The number of aromatic amines is 1. The highest BCUT2D eigenvalue weighted by molar-refractivity contribution is 7.89. The highest BCUT2D eigenvalue weighted by Gasteiger charge is 2.59. The van der Waals surface area contributed by atoms with Gasteiger partial charge in [0, 0.05) is 55.1 Å². The van der Waals surface area contributed by atoms with Crippen molar-refractivity contribution in [2.45, 2.75) is 36.0 Å². The maximum absolute atomic E-state index is 13.6. The van der Waals surface area contributed by atoms with Crippen molar-refractivity contribution in [2.24, 2.45) is 0 Å². The summed E-state index contributed by atoms with van der Waals surface area (Å²) in [5, 5.41) is 4.81. The van der Waals surface area contributed by atoms with E-state index >= 15 is 0 Å². The van der Waals surface area contributed by atoms with Gasteiger partial charge < -0.3 is 19.5 Å². The first-order valence-corrected chi connectivity index (χ1v) is 13.0. The molecule has 0 saturated carbocycles. The van der Waals surface area contributed by atoms with Crippen LogP contribution in [0, 0.1) is 0 Å². The van der Waals surface area contributed by atoms with Crippen LogP contribution in [0.2, 0.25) is 5.02 Å². The van der Waals surface area contributed by atoms with Crippen molar-refractivity contribution < 1.29 is 22.7 Å². The zero-order valence-corrected chi connectivity index (χ0v) is 20.7. The van der Waals surface area contributed by atoms with E-state index in [0.29, 0.717) is 48.4 Å². The fraction of sp³-hybridized carbons (Fsp3) is 0.545. The number of piperazine rings is 1. The van der Waals surface area contributed by atoms with Crippen molar-refractivity contribution in [3.05, 3.63) is 29.3 Å². The molecule has 1 spiro atoms. The molecular weight excluding hydrogens is 482 g/mol. The average Bonchev–Trinajstić information content (AvgIpc) is 3.34. The monoisotopic (exact) mass is 509 g/mol. The third-order valence-corrected chi connectivity index (χ3v) is 9.20. The lowest BCUT2D eigenvalue weighted by atomic mass is 9.88. The molecule has 10 nitrogen and oxygen atoms in total. The van der Waals surface area contributed by atoms with E-state index in [1.807, 2.05) is 0 Å². The van der Waals surface area contributed by atoms with Crippen LogP contribution in [-0.4, -0.2) is 97.0 Å². The van der Waals surface area contributed by atoms with Crippen LogP contribution in [0.4, 0.5) is 0 Å². The highest BCUT2D eigenvalue weighted by Crippen LogP contribution is 2.38. The second-order valence-electron chi connectivity index (χ2n) is 9.49. The molecule has 3 saturated heterocycles. The molecular formula is C22H28ClN5O5S. The molecule has 1 unspecified atom stereocenters. The number of methoxy groups -OCH3 is 1. The van der Waals surface area contributed by atoms with Gasteiger partial charge in [-0.25, -0.2) is 8.42 Å². The van der Waals surface area contributed by atoms with Crippen molar-refractivity contribution in [3.8, 4) is 0 Å². The number of H-pyrrole nitrogens is 1. The molecule has 2 amide bonds. The lowest BCUT2D eigenvalue weighted by Crippen LogP contribution is -2.70. The molecule has 1 aromatic heterocycles. The van der Waals surface area contributed by atoms with Crippen molar-refractivity contribution in [3.63, 3.8) is 0 Å². The van der Waals surface area contributed by atoms with Gasteiger partial charge in [0.2, 0.25) is 11.8 Å². The van der Waals surface area contributed by atoms with Crippen molar-refractivity contribution >= 4 is 44.3 Å². The Hall–Kier alpha value is -2.18. The molecule has 3 aliphatic heterocycles. The number of aromatic nitrogens is 1. The molecule has 4 heterocycles. The molecule has 34 heavy (non-hydrogen) atoms. The molecule has 2 aromatic rings. The first-order valence-electron chi connectivity index (χ1n) is 11.2. The lowest BCUT2D eigenvalue weighted by Gasteiger charge is -2.45. The summed E-state index contributed by atoms with van der Waals surface area (Å²) in [5.41, 5.74) is -0.724. The van der Waals surface area contributed by atoms with Gasteiger partial charge in [-0.15, -0.1) is 0 Å². The number of carbonyl (C=O) groups excluding carboxylic acids is 2. The van der Waals surface area contributed by atoms with Gasteiger partial charge in [-0.1, -0.05) is 11.6 Å². The Labute approximate surface area is 203 Å². The number of likely N-dealkylation sites (tertiary alicyclic amines) is 1. The van der Waals surface area contributed by atoms with E-state index in [9.17, 15) is 18.0 Å². The van der Waals surface area contributed by atoms with Gasteiger partial charge in [0.25, 0.3) is 10.0 Å². The molecule has 3 aliphatic rings. The van der Waals surface area contributed by atoms with Crippen LogP contribution in [0.15, 0.2) is 29.3 Å². The molecule has 0 bridgehead atoms. The number of hydrogen-bond acceptors (Lipinski definition) is 6.